The van der Waals surface area contributed by atoms with Crippen molar-refractivity contribution in [2.24, 2.45) is 0 Å². The monoisotopic (exact) mass is 883 g/mol. The molecule has 0 atom stereocenters. The SMILES string of the molecule is CC1(C)c2ccccc2-c2ccc(N(c3ccc(-c4ccccc4)cc3)c3ccc(-c4ccc5c(c4)n4c6cc(-n7c8ccccc8c8ccccc87)ccc6nc4n5-c4ccccc4)cc3)cc21. The maximum Gasteiger partial charge on any atom is 0.220 e. The first kappa shape index (κ1) is 39.3. The molecule has 0 bridgehead atoms. The van der Waals surface area contributed by atoms with Crippen LogP contribution in [-0.4, -0.2) is 18.5 Å². The Kier molecular flexibility index (Phi) is 8.56. The maximum atomic E-state index is 5.34. The van der Waals surface area contributed by atoms with Crippen molar-refractivity contribution in [2.75, 3.05) is 4.90 Å². The van der Waals surface area contributed by atoms with E-state index >= 15 is 0 Å². The van der Waals surface area contributed by atoms with Crippen molar-refractivity contribution in [3.63, 3.8) is 0 Å². The van der Waals surface area contributed by atoms with Gasteiger partial charge in [-0.05, 0) is 136 Å². The number of benzene rings is 10. The summed E-state index contributed by atoms with van der Waals surface area (Å²) < 4.78 is 7.03. The van der Waals surface area contributed by atoms with E-state index < -0.39 is 0 Å². The highest BCUT2D eigenvalue weighted by Crippen LogP contribution is 2.51. The van der Waals surface area contributed by atoms with Crippen LogP contribution in [0.3, 0.4) is 0 Å². The van der Waals surface area contributed by atoms with E-state index in [4.69, 9.17) is 4.98 Å². The highest BCUT2D eigenvalue weighted by Gasteiger charge is 2.36. The van der Waals surface area contributed by atoms with Gasteiger partial charge in [-0.2, -0.15) is 0 Å². The first-order chi connectivity index (χ1) is 34.0. The molecule has 0 aliphatic heterocycles. The lowest BCUT2D eigenvalue weighted by Crippen LogP contribution is -2.16. The third kappa shape index (κ3) is 6.00. The topological polar surface area (TPSA) is 30.4 Å². The zero-order chi connectivity index (χ0) is 45.8. The Morgan fingerprint density at radius 2 is 0.928 bits per heavy atom. The van der Waals surface area contributed by atoms with E-state index in [2.05, 4.69) is 269 Å². The number of aromatic nitrogens is 4. The summed E-state index contributed by atoms with van der Waals surface area (Å²) in [5, 5.41) is 2.49. The number of rotatable bonds is 7. The van der Waals surface area contributed by atoms with Gasteiger partial charge >= 0.3 is 0 Å². The highest BCUT2D eigenvalue weighted by atomic mass is 15.2. The number of anilines is 3. The fourth-order valence-corrected chi connectivity index (χ4v) is 11.3. The average molecular weight is 884 g/mol. The van der Waals surface area contributed by atoms with Gasteiger partial charge in [-0.15, -0.1) is 0 Å². The second-order valence-electron chi connectivity index (χ2n) is 18.9. The van der Waals surface area contributed by atoms with Crippen LogP contribution in [0.15, 0.2) is 237 Å². The Bertz CT molecular complexity index is 4080. The number of para-hydroxylation sites is 3. The molecular formula is C64H45N5. The van der Waals surface area contributed by atoms with Crippen LogP contribution in [0.25, 0.3) is 94.4 Å². The summed E-state index contributed by atoms with van der Waals surface area (Å²) in [6.07, 6.45) is 0. The Balaban J connectivity index is 0.908. The summed E-state index contributed by atoms with van der Waals surface area (Å²) in [6.45, 7) is 4.70. The fraction of sp³-hybridized carbons (Fsp3) is 0.0469. The first-order valence-corrected chi connectivity index (χ1v) is 23.8. The maximum absolute atomic E-state index is 5.34. The Morgan fingerprint density at radius 3 is 1.64 bits per heavy atom. The lowest BCUT2D eigenvalue weighted by atomic mass is 9.82. The molecule has 69 heavy (non-hydrogen) atoms. The van der Waals surface area contributed by atoms with Gasteiger partial charge in [0.25, 0.3) is 0 Å². The lowest BCUT2D eigenvalue weighted by Gasteiger charge is -2.28. The summed E-state index contributed by atoms with van der Waals surface area (Å²) in [4.78, 5) is 7.74. The third-order valence-electron chi connectivity index (χ3n) is 14.6. The van der Waals surface area contributed by atoms with Crippen molar-refractivity contribution in [1.29, 1.82) is 0 Å². The van der Waals surface area contributed by atoms with E-state index in [1.807, 2.05) is 0 Å². The molecule has 3 aromatic heterocycles. The minimum atomic E-state index is -0.120. The molecule has 5 nitrogen and oxygen atoms in total. The first-order valence-electron chi connectivity index (χ1n) is 23.8. The molecule has 14 rings (SSSR count). The highest BCUT2D eigenvalue weighted by molar-refractivity contribution is 6.09. The molecule has 0 fully saturated rings. The molecule has 0 unspecified atom stereocenters. The van der Waals surface area contributed by atoms with Gasteiger partial charge in [-0.3, -0.25) is 8.97 Å². The van der Waals surface area contributed by atoms with Gasteiger partial charge in [0, 0.05) is 44.6 Å². The van der Waals surface area contributed by atoms with Crippen LogP contribution in [0.4, 0.5) is 17.1 Å². The zero-order valence-corrected chi connectivity index (χ0v) is 38.3. The molecule has 3 heterocycles. The van der Waals surface area contributed by atoms with Gasteiger partial charge < -0.3 is 9.47 Å². The van der Waals surface area contributed by atoms with E-state index in [0.29, 0.717) is 0 Å². The van der Waals surface area contributed by atoms with Crippen LogP contribution in [-0.2, 0) is 5.41 Å². The minimum absolute atomic E-state index is 0.120. The molecule has 0 N–H and O–H groups in total. The summed E-state index contributed by atoms with van der Waals surface area (Å²) in [5.41, 5.74) is 22.0. The molecule has 0 saturated carbocycles. The van der Waals surface area contributed by atoms with Crippen molar-refractivity contribution < 1.29 is 0 Å². The summed E-state index contributed by atoms with van der Waals surface area (Å²) in [7, 11) is 0. The summed E-state index contributed by atoms with van der Waals surface area (Å²) >= 11 is 0. The number of hydrogen-bond donors (Lipinski definition) is 0. The van der Waals surface area contributed by atoms with Crippen LogP contribution < -0.4 is 4.90 Å². The summed E-state index contributed by atoms with van der Waals surface area (Å²) in [6, 6.07) is 86.1. The van der Waals surface area contributed by atoms with Crippen LogP contribution in [0.2, 0.25) is 0 Å². The molecule has 0 radical (unpaired) electrons. The fourth-order valence-electron chi connectivity index (χ4n) is 11.3. The van der Waals surface area contributed by atoms with E-state index in [1.165, 1.54) is 55.2 Å². The van der Waals surface area contributed by atoms with Crippen molar-refractivity contribution in [1.82, 2.24) is 18.5 Å². The molecule has 10 aromatic carbocycles. The van der Waals surface area contributed by atoms with Crippen molar-refractivity contribution in [3.05, 3.63) is 248 Å². The van der Waals surface area contributed by atoms with Gasteiger partial charge in [0.05, 0.1) is 33.1 Å². The van der Waals surface area contributed by atoms with Crippen molar-refractivity contribution >= 4 is 66.7 Å². The molecule has 1 aliphatic rings. The van der Waals surface area contributed by atoms with E-state index in [9.17, 15) is 0 Å². The van der Waals surface area contributed by atoms with E-state index in [1.54, 1.807) is 0 Å². The van der Waals surface area contributed by atoms with Gasteiger partial charge in [0.15, 0.2) is 0 Å². The van der Waals surface area contributed by atoms with Gasteiger partial charge in [-0.1, -0.05) is 159 Å². The number of hydrogen-bond acceptors (Lipinski definition) is 2. The molecule has 0 amide bonds. The third-order valence-corrected chi connectivity index (χ3v) is 14.6. The Hall–Kier alpha value is -8.93. The predicted molar refractivity (Wildman–Crippen MR) is 287 cm³/mol. The Morgan fingerprint density at radius 1 is 0.362 bits per heavy atom. The molecule has 5 heteroatoms. The largest absolute Gasteiger partial charge is 0.310 e. The van der Waals surface area contributed by atoms with Gasteiger partial charge in [0.2, 0.25) is 5.78 Å². The van der Waals surface area contributed by atoms with Gasteiger partial charge in [0.1, 0.15) is 0 Å². The second-order valence-corrected chi connectivity index (χ2v) is 18.9. The molecular weight excluding hydrogens is 839 g/mol. The summed E-state index contributed by atoms with van der Waals surface area (Å²) in [5.74, 6) is 0.882. The van der Waals surface area contributed by atoms with Crippen LogP contribution >= 0.6 is 0 Å². The minimum Gasteiger partial charge on any atom is -0.310 e. The lowest BCUT2D eigenvalue weighted by molar-refractivity contribution is 0.660. The number of nitrogens with zero attached hydrogens (tertiary/aromatic N) is 5. The molecule has 1 aliphatic carbocycles. The van der Waals surface area contributed by atoms with Crippen LogP contribution in [0.5, 0.6) is 0 Å². The smallest absolute Gasteiger partial charge is 0.220 e. The number of fused-ring (bicyclic) bond motifs is 11. The zero-order valence-electron chi connectivity index (χ0n) is 38.3. The van der Waals surface area contributed by atoms with Crippen LogP contribution in [0, 0.1) is 0 Å². The standard InChI is InChI=1S/C64H45N5/c1-64(2)55-22-12-9-19-51(55)52-36-34-49(40-56(52)64)66(47-30-25-43(26-31-47)42-15-5-3-6-16-42)48-32-27-44(28-33-48)45-29-38-60-62(39-45)69-61-41-50(35-37-57(61)65-63(69)68(60)46-17-7-4-8-18-46)67-58-23-13-10-20-53(58)54-21-11-14-24-59(54)67/h3-41H,1-2H3. The molecule has 0 saturated heterocycles. The van der Waals surface area contributed by atoms with Crippen LogP contribution in [0.1, 0.15) is 25.0 Å². The molecule has 13 aromatic rings. The van der Waals surface area contributed by atoms with Crippen molar-refractivity contribution in [2.45, 2.75) is 19.3 Å². The molecule has 326 valence electrons. The normalized spacial score (nSPS) is 12.9. The molecule has 0 spiro atoms. The quantitative estimate of drug-likeness (QED) is 0.160. The number of imidazole rings is 2. The predicted octanol–water partition coefficient (Wildman–Crippen LogP) is 16.6. The second kappa shape index (κ2) is 15.0. The average Bonchev–Trinajstić information content (AvgIpc) is 4.11. The van der Waals surface area contributed by atoms with Crippen molar-refractivity contribution in [3.8, 4) is 44.8 Å². The Labute approximate surface area is 400 Å². The van der Waals surface area contributed by atoms with E-state index in [-0.39, 0.29) is 5.41 Å². The van der Waals surface area contributed by atoms with Gasteiger partial charge in [-0.25, -0.2) is 4.98 Å². The van der Waals surface area contributed by atoms with E-state index in [0.717, 1.165) is 67.4 Å².